The molecule has 1 amide bonds. The molecule has 1 aliphatic heterocycles. The Labute approximate surface area is 148 Å². The van der Waals surface area contributed by atoms with Gasteiger partial charge in [0.25, 0.3) is 0 Å². The molecule has 1 aromatic heterocycles. The van der Waals surface area contributed by atoms with Gasteiger partial charge in [0.1, 0.15) is 6.54 Å². The van der Waals surface area contributed by atoms with Crippen molar-refractivity contribution in [2.45, 2.75) is 26.5 Å². The van der Waals surface area contributed by atoms with E-state index in [9.17, 15) is 9.90 Å². The summed E-state index contributed by atoms with van der Waals surface area (Å²) in [4.78, 5) is 16.6. The number of aryl methyl sites for hydroxylation is 2. The number of carbonyl (C=O) groups is 1. The number of carbonyl (C=O) groups excluding carboxylic acids is 1. The van der Waals surface area contributed by atoms with E-state index in [2.05, 4.69) is 10.00 Å². The lowest BCUT2D eigenvalue weighted by Gasteiger charge is -2.35. The summed E-state index contributed by atoms with van der Waals surface area (Å²) in [5.74, 6) is 0.106. The smallest absolute Gasteiger partial charge is 0.244 e. The Morgan fingerprint density at radius 1 is 1.16 bits per heavy atom. The van der Waals surface area contributed by atoms with Crippen LogP contribution in [0.25, 0.3) is 0 Å². The van der Waals surface area contributed by atoms with Gasteiger partial charge in [-0.2, -0.15) is 5.10 Å². The van der Waals surface area contributed by atoms with Gasteiger partial charge in [-0.1, -0.05) is 30.3 Å². The zero-order valence-electron chi connectivity index (χ0n) is 14.9. The highest BCUT2D eigenvalue weighted by atomic mass is 16.3. The molecule has 0 unspecified atom stereocenters. The molecule has 134 valence electrons. The Hall–Kier alpha value is -2.18. The molecule has 1 aliphatic rings. The Kier molecular flexibility index (Phi) is 5.50. The largest absolute Gasteiger partial charge is 0.387 e. The molecule has 1 fully saturated rings. The summed E-state index contributed by atoms with van der Waals surface area (Å²) < 4.78 is 1.77. The van der Waals surface area contributed by atoms with Crippen molar-refractivity contribution in [1.29, 1.82) is 0 Å². The van der Waals surface area contributed by atoms with Gasteiger partial charge in [0.05, 0.1) is 11.8 Å². The minimum absolute atomic E-state index is 0.106. The van der Waals surface area contributed by atoms with Crippen molar-refractivity contribution in [3.63, 3.8) is 0 Å². The number of nitrogens with zero attached hydrogens (tertiary/aromatic N) is 4. The molecule has 1 aromatic carbocycles. The number of rotatable bonds is 5. The molecule has 0 aliphatic carbocycles. The molecule has 3 rings (SSSR count). The first kappa shape index (κ1) is 17.6. The fourth-order valence-corrected chi connectivity index (χ4v) is 3.27. The Morgan fingerprint density at radius 3 is 2.44 bits per heavy atom. The summed E-state index contributed by atoms with van der Waals surface area (Å²) in [6.07, 6.45) is -0.488. The summed E-state index contributed by atoms with van der Waals surface area (Å²) in [5, 5.41) is 14.7. The summed E-state index contributed by atoms with van der Waals surface area (Å²) in [6.45, 7) is 7.76. The molecule has 6 nitrogen and oxygen atoms in total. The van der Waals surface area contributed by atoms with Gasteiger partial charge in [-0.05, 0) is 25.5 Å². The van der Waals surface area contributed by atoms with Gasteiger partial charge in [-0.3, -0.25) is 14.4 Å². The monoisotopic (exact) mass is 342 g/mol. The van der Waals surface area contributed by atoms with Crippen LogP contribution in [-0.4, -0.2) is 63.3 Å². The first-order chi connectivity index (χ1) is 12.0. The van der Waals surface area contributed by atoms with E-state index in [1.165, 1.54) is 0 Å². The molecule has 0 spiro atoms. The van der Waals surface area contributed by atoms with Crippen molar-refractivity contribution in [3.05, 3.63) is 53.3 Å². The van der Waals surface area contributed by atoms with Crippen molar-refractivity contribution in [2.75, 3.05) is 32.7 Å². The van der Waals surface area contributed by atoms with Crippen molar-refractivity contribution < 1.29 is 9.90 Å². The van der Waals surface area contributed by atoms with Gasteiger partial charge in [-0.15, -0.1) is 0 Å². The fraction of sp³-hybridized carbons (Fsp3) is 0.474. The molecule has 6 heteroatoms. The highest BCUT2D eigenvalue weighted by Crippen LogP contribution is 2.15. The SMILES string of the molecule is Cc1cc(C)n(CC(=O)N2CCN(C[C@H](O)c3ccccc3)CC2)n1. The summed E-state index contributed by atoms with van der Waals surface area (Å²) >= 11 is 0. The number of aliphatic hydroxyl groups excluding tert-OH is 1. The molecule has 0 saturated carbocycles. The lowest BCUT2D eigenvalue weighted by Crippen LogP contribution is -2.50. The lowest BCUT2D eigenvalue weighted by molar-refractivity contribution is -0.134. The molecular formula is C19H26N4O2. The van der Waals surface area contributed by atoms with E-state index in [0.717, 1.165) is 30.0 Å². The Balaban J connectivity index is 1.48. The van der Waals surface area contributed by atoms with E-state index in [1.54, 1.807) is 4.68 Å². The highest BCUT2D eigenvalue weighted by molar-refractivity contribution is 5.76. The molecule has 1 N–H and O–H groups in total. The van der Waals surface area contributed by atoms with Crippen molar-refractivity contribution in [1.82, 2.24) is 19.6 Å². The van der Waals surface area contributed by atoms with E-state index in [0.29, 0.717) is 26.2 Å². The predicted octanol–water partition coefficient (Wildman–Crippen LogP) is 1.38. The van der Waals surface area contributed by atoms with Crippen LogP contribution < -0.4 is 0 Å². The van der Waals surface area contributed by atoms with E-state index >= 15 is 0 Å². The molecule has 1 atom stereocenters. The first-order valence-corrected chi connectivity index (χ1v) is 8.77. The second-order valence-electron chi connectivity index (χ2n) is 6.69. The number of piperazine rings is 1. The summed E-state index contributed by atoms with van der Waals surface area (Å²) in [6, 6.07) is 11.7. The van der Waals surface area contributed by atoms with Gasteiger partial charge in [0, 0.05) is 38.4 Å². The van der Waals surface area contributed by atoms with Crippen LogP contribution >= 0.6 is 0 Å². The van der Waals surface area contributed by atoms with Gasteiger partial charge in [0.2, 0.25) is 5.91 Å². The van der Waals surface area contributed by atoms with Crippen LogP contribution in [0.5, 0.6) is 0 Å². The molecular weight excluding hydrogens is 316 g/mol. The Bertz CT molecular complexity index is 705. The number of hydrogen-bond acceptors (Lipinski definition) is 4. The van der Waals surface area contributed by atoms with Gasteiger partial charge < -0.3 is 10.0 Å². The Morgan fingerprint density at radius 2 is 1.84 bits per heavy atom. The second kappa shape index (κ2) is 7.80. The maximum absolute atomic E-state index is 12.5. The van der Waals surface area contributed by atoms with E-state index in [-0.39, 0.29) is 5.91 Å². The summed E-state index contributed by atoms with van der Waals surface area (Å²) in [5.41, 5.74) is 2.88. The zero-order chi connectivity index (χ0) is 17.8. The van der Waals surface area contributed by atoms with E-state index in [1.807, 2.05) is 55.1 Å². The summed E-state index contributed by atoms with van der Waals surface area (Å²) in [7, 11) is 0. The number of aliphatic hydroxyl groups is 1. The number of hydrogen-bond donors (Lipinski definition) is 1. The van der Waals surface area contributed by atoms with Crippen LogP contribution in [-0.2, 0) is 11.3 Å². The molecule has 25 heavy (non-hydrogen) atoms. The normalized spacial score (nSPS) is 16.8. The first-order valence-electron chi connectivity index (χ1n) is 8.77. The van der Waals surface area contributed by atoms with Crippen LogP contribution in [0.3, 0.4) is 0 Å². The quantitative estimate of drug-likeness (QED) is 0.892. The van der Waals surface area contributed by atoms with Crippen molar-refractivity contribution in [2.24, 2.45) is 0 Å². The minimum Gasteiger partial charge on any atom is -0.387 e. The minimum atomic E-state index is -0.488. The number of aromatic nitrogens is 2. The van der Waals surface area contributed by atoms with Gasteiger partial charge in [-0.25, -0.2) is 0 Å². The maximum Gasteiger partial charge on any atom is 0.244 e. The zero-order valence-corrected chi connectivity index (χ0v) is 14.9. The highest BCUT2D eigenvalue weighted by Gasteiger charge is 2.23. The molecule has 2 aromatic rings. The molecule has 1 saturated heterocycles. The molecule has 0 radical (unpaired) electrons. The van der Waals surface area contributed by atoms with Crippen LogP contribution in [0.2, 0.25) is 0 Å². The average Bonchev–Trinajstić information content (AvgIpc) is 2.93. The van der Waals surface area contributed by atoms with E-state index in [4.69, 9.17) is 0 Å². The predicted molar refractivity (Wildman–Crippen MR) is 96.1 cm³/mol. The fourth-order valence-electron chi connectivity index (χ4n) is 3.27. The van der Waals surface area contributed by atoms with Crippen LogP contribution in [0.4, 0.5) is 0 Å². The number of amides is 1. The van der Waals surface area contributed by atoms with Crippen molar-refractivity contribution >= 4 is 5.91 Å². The average molecular weight is 342 g/mol. The third-order valence-corrected chi connectivity index (χ3v) is 4.73. The topological polar surface area (TPSA) is 61.6 Å². The molecule has 2 heterocycles. The van der Waals surface area contributed by atoms with Gasteiger partial charge >= 0.3 is 0 Å². The lowest BCUT2D eigenvalue weighted by atomic mass is 10.1. The second-order valence-corrected chi connectivity index (χ2v) is 6.69. The van der Waals surface area contributed by atoms with Crippen molar-refractivity contribution in [3.8, 4) is 0 Å². The van der Waals surface area contributed by atoms with Crippen LogP contribution in [0.1, 0.15) is 23.1 Å². The van der Waals surface area contributed by atoms with Crippen LogP contribution in [0, 0.1) is 13.8 Å². The third-order valence-electron chi connectivity index (χ3n) is 4.73. The standard InChI is InChI=1S/C19H26N4O2/c1-15-12-16(2)23(20-15)14-19(25)22-10-8-21(9-11-22)13-18(24)17-6-4-3-5-7-17/h3-7,12,18,24H,8-11,13-14H2,1-2H3/t18-/m0/s1. The third kappa shape index (κ3) is 4.46. The van der Waals surface area contributed by atoms with Gasteiger partial charge in [0.15, 0.2) is 0 Å². The molecule has 0 bridgehead atoms. The maximum atomic E-state index is 12.5. The number of benzene rings is 1. The van der Waals surface area contributed by atoms with E-state index < -0.39 is 6.10 Å². The van der Waals surface area contributed by atoms with Crippen LogP contribution in [0.15, 0.2) is 36.4 Å². The number of β-amino-alcohol motifs (C(OH)–C–C–N with tert-alkyl or cyclic N) is 1.